The first kappa shape index (κ1) is 9.97. The molecule has 0 bridgehead atoms. The Bertz CT molecular complexity index is 625. The van der Waals surface area contributed by atoms with Crippen LogP contribution in [0.3, 0.4) is 0 Å². The lowest BCUT2D eigenvalue weighted by Crippen LogP contribution is -1.93. The van der Waals surface area contributed by atoms with E-state index in [-0.39, 0.29) is 5.39 Å². The number of nitrogens with zero attached hydrogens (tertiary/aromatic N) is 1. The summed E-state index contributed by atoms with van der Waals surface area (Å²) < 4.78 is 46.5. The molecular weight excluding hydrogens is 224 g/mol. The summed E-state index contributed by atoms with van der Waals surface area (Å²) in [5.74, 6) is -0.530. The van der Waals surface area contributed by atoms with Gasteiger partial charge in [0, 0.05) is 11.6 Å². The minimum atomic E-state index is -4.79. The molecule has 0 aliphatic carbocycles. The Morgan fingerprint density at radius 3 is 2.60 bits per heavy atom. The first-order valence-electron chi connectivity index (χ1n) is 3.97. The minimum Gasteiger partial charge on any atom is -0.255 e. The van der Waals surface area contributed by atoms with Crippen molar-refractivity contribution in [3.8, 4) is 0 Å². The molecule has 0 fully saturated rings. The largest absolute Gasteiger partial charge is 0.333 e. The van der Waals surface area contributed by atoms with Gasteiger partial charge in [0.05, 0.1) is 5.52 Å². The molecule has 2 aromatic rings. The molecule has 0 N–H and O–H groups in total. The highest BCUT2D eigenvalue weighted by atomic mass is 32.3. The average Bonchev–Trinajstić information content (AvgIpc) is 2.15. The number of hydrogen-bond donors (Lipinski definition) is 0. The van der Waals surface area contributed by atoms with Crippen LogP contribution in [0.4, 0.5) is 8.28 Å². The molecule has 0 saturated carbocycles. The summed E-state index contributed by atoms with van der Waals surface area (Å²) in [4.78, 5) is 3.13. The second-order valence-corrected chi connectivity index (χ2v) is 4.29. The number of pyridine rings is 1. The third-order valence-electron chi connectivity index (χ3n) is 1.90. The maximum absolute atomic E-state index is 12.8. The highest BCUT2D eigenvalue weighted by molar-refractivity contribution is 7.86. The molecule has 0 spiro atoms. The zero-order chi connectivity index (χ0) is 11.1. The predicted molar refractivity (Wildman–Crippen MR) is 50.0 cm³/mol. The van der Waals surface area contributed by atoms with Crippen LogP contribution in [0, 0.1) is 5.82 Å². The van der Waals surface area contributed by atoms with Crippen molar-refractivity contribution in [3.05, 3.63) is 36.3 Å². The molecule has 6 heteroatoms. The van der Waals surface area contributed by atoms with E-state index in [1.54, 1.807) is 0 Å². The van der Waals surface area contributed by atoms with E-state index < -0.39 is 20.9 Å². The van der Waals surface area contributed by atoms with E-state index in [0.29, 0.717) is 5.52 Å². The number of halogens is 2. The van der Waals surface area contributed by atoms with Crippen LogP contribution >= 0.6 is 0 Å². The first-order valence-corrected chi connectivity index (χ1v) is 5.35. The second-order valence-electron chi connectivity index (χ2n) is 2.95. The summed E-state index contributed by atoms with van der Waals surface area (Å²) in [5.41, 5.74) is 0.406. The third-order valence-corrected chi connectivity index (χ3v) is 2.69. The molecule has 0 aliphatic heterocycles. The van der Waals surface area contributed by atoms with Gasteiger partial charge in [-0.2, -0.15) is 8.42 Å². The molecule has 0 unspecified atom stereocenters. The molecule has 0 amide bonds. The monoisotopic (exact) mass is 229 g/mol. The number of hydrogen-bond acceptors (Lipinski definition) is 3. The molecule has 0 saturated heterocycles. The Balaban J connectivity index is 2.75. The zero-order valence-corrected chi connectivity index (χ0v) is 8.13. The van der Waals surface area contributed by atoms with Gasteiger partial charge < -0.3 is 0 Å². The Kier molecular flexibility index (Phi) is 2.15. The first-order chi connectivity index (χ1) is 6.97. The lowest BCUT2D eigenvalue weighted by Gasteiger charge is -1.98. The van der Waals surface area contributed by atoms with Crippen molar-refractivity contribution < 1.29 is 16.7 Å². The normalized spacial score (nSPS) is 11.9. The van der Waals surface area contributed by atoms with Gasteiger partial charge in [-0.1, -0.05) is 0 Å². The van der Waals surface area contributed by atoms with Crippen molar-refractivity contribution in [1.82, 2.24) is 4.98 Å². The fraction of sp³-hybridized carbons (Fsp3) is 0. The minimum absolute atomic E-state index is 0.244. The SMILES string of the molecule is O=S(=O)(F)c1cnc2ccc(F)cc2c1. The highest BCUT2D eigenvalue weighted by Crippen LogP contribution is 2.18. The van der Waals surface area contributed by atoms with E-state index in [4.69, 9.17) is 0 Å². The van der Waals surface area contributed by atoms with Crippen molar-refractivity contribution in [2.75, 3.05) is 0 Å². The maximum atomic E-state index is 12.8. The molecular formula is C9H5F2NO2S. The van der Waals surface area contributed by atoms with E-state index in [9.17, 15) is 16.7 Å². The van der Waals surface area contributed by atoms with E-state index in [2.05, 4.69) is 4.98 Å². The fourth-order valence-electron chi connectivity index (χ4n) is 1.22. The molecule has 3 nitrogen and oxygen atoms in total. The lowest BCUT2D eigenvalue weighted by molar-refractivity contribution is 0.552. The molecule has 15 heavy (non-hydrogen) atoms. The van der Waals surface area contributed by atoms with Crippen LogP contribution in [0.5, 0.6) is 0 Å². The van der Waals surface area contributed by atoms with Gasteiger partial charge in [0.25, 0.3) is 0 Å². The Hall–Kier alpha value is -1.56. The van der Waals surface area contributed by atoms with Crippen molar-refractivity contribution >= 4 is 21.1 Å². The number of benzene rings is 1. The summed E-state index contributed by atoms with van der Waals surface area (Å²) in [6.45, 7) is 0. The molecule has 0 aliphatic rings. The Morgan fingerprint density at radius 2 is 1.93 bits per heavy atom. The number of fused-ring (bicyclic) bond motifs is 1. The standard InChI is InChI=1S/C9H5F2NO2S/c10-7-1-2-9-6(3-7)4-8(5-12-9)15(11,13)14/h1-5H. The molecule has 1 aromatic heterocycles. The van der Waals surface area contributed by atoms with Crippen molar-refractivity contribution in [2.45, 2.75) is 4.90 Å². The molecule has 2 rings (SSSR count). The third kappa shape index (κ3) is 1.94. The van der Waals surface area contributed by atoms with Crippen LogP contribution < -0.4 is 0 Å². The van der Waals surface area contributed by atoms with Crippen molar-refractivity contribution in [1.29, 1.82) is 0 Å². The summed E-state index contributed by atoms with van der Waals surface area (Å²) in [5, 5.41) is 0.244. The molecule has 0 atom stereocenters. The smallest absolute Gasteiger partial charge is 0.255 e. The Labute approximate surface area is 84.6 Å². The number of rotatable bonds is 1. The molecule has 1 aromatic carbocycles. The van der Waals surface area contributed by atoms with Crippen LogP contribution in [-0.4, -0.2) is 13.4 Å². The van der Waals surface area contributed by atoms with E-state index >= 15 is 0 Å². The Morgan fingerprint density at radius 1 is 1.20 bits per heavy atom. The van der Waals surface area contributed by atoms with Crippen LogP contribution in [0.2, 0.25) is 0 Å². The predicted octanol–water partition coefficient (Wildman–Crippen LogP) is 2.03. The van der Waals surface area contributed by atoms with Gasteiger partial charge >= 0.3 is 10.2 Å². The van der Waals surface area contributed by atoms with Gasteiger partial charge in [0.1, 0.15) is 10.7 Å². The van der Waals surface area contributed by atoms with Gasteiger partial charge in [-0.3, -0.25) is 4.98 Å². The van der Waals surface area contributed by atoms with Crippen LogP contribution in [0.25, 0.3) is 10.9 Å². The summed E-state index contributed by atoms with van der Waals surface area (Å²) in [6.07, 6.45) is 0.898. The lowest BCUT2D eigenvalue weighted by atomic mass is 10.2. The maximum Gasteiger partial charge on any atom is 0.333 e. The summed E-state index contributed by atoms with van der Waals surface area (Å²) >= 11 is 0. The summed E-state index contributed by atoms with van der Waals surface area (Å²) in [7, 11) is -4.79. The van der Waals surface area contributed by atoms with Gasteiger partial charge in [-0.25, -0.2) is 4.39 Å². The molecule has 0 radical (unpaired) electrons. The van der Waals surface area contributed by atoms with E-state index in [1.807, 2.05) is 0 Å². The topological polar surface area (TPSA) is 47.0 Å². The van der Waals surface area contributed by atoms with Crippen LogP contribution in [-0.2, 0) is 10.2 Å². The van der Waals surface area contributed by atoms with E-state index in [0.717, 1.165) is 18.3 Å². The summed E-state index contributed by atoms with van der Waals surface area (Å²) in [6, 6.07) is 4.72. The van der Waals surface area contributed by atoms with E-state index in [1.165, 1.54) is 12.1 Å². The van der Waals surface area contributed by atoms with Crippen LogP contribution in [0.1, 0.15) is 0 Å². The number of aromatic nitrogens is 1. The van der Waals surface area contributed by atoms with Gasteiger partial charge in [-0.15, -0.1) is 3.89 Å². The molecule has 1 heterocycles. The van der Waals surface area contributed by atoms with Crippen molar-refractivity contribution in [3.63, 3.8) is 0 Å². The van der Waals surface area contributed by atoms with Gasteiger partial charge in [-0.05, 0) is 24.3 Å². The molecule has 78 valence electrons. The zero-order valence-electron chi connectivity index (χ0n) is 7.31. The fourth-order valence-corrected chi connectivity index (χ4v) is 1.66. The quantitative estimate of drug-likeness (QED) is 0.703. The second kappa shape index (κ2) is 3.23. The van der Waals surface area contributed by atoms with Crippen LogP contribution in [0.15, 0.2) is 35.4 Å². The average molecular weight is 229 g/mol. The van der Waals surface area contributed by atoms with Crippen molar-refractivity contribution in [2.24, 2.45) is 0 Å². The van der Waals surface area contributed by atoms with Gasteiger partial charge in [0.2, 0.25) is 0 Å². The van der Waals surface area contributed by atoms with Gasteiger partial charge in [0.15, 0.2) is 0 Å². The highest BCUT2D eigenvalue weighted by Gasteiger charge is 2.12.